The number of rotatable bonds is 2. The van der Waals surface area contributed by atoms with Crippen LogP contribution in [0, 0.1) is 0 Å². The lowest BCUT2D eigenvalue weighted by molar-refractivity contribution is 0.671. The van der Waals surface area contributed by atoms with Crippen LogP contribution in [0.5, 0.6) is 0 Å². The molecule has 0 saturated carbocycles. The average molecular weight is 666 g/mol. The van der Waals surface area contributed by atoms with Crippen LogP contribution < -0.4 is 0 Å². The Morgan fingerprint density at radius 1 is 0.412 bits per heavy atom. The Morgan fingerprint density at radius 3 is 1.82 bits per heavy atom. The summed E-state index contributed by atoms with van der Waals surface area (Å²) in [5.41, 5.74) is 7.66. The van der Waals surface area contributed by atoms with Crippen molar-refractivity contribution in [2.45, 2.75) is 0 Å². The van der Waals surface area contributed by atoms with E-state index in [2.05, 4.69) is 168 Å². The van der Waals surface area contributed by atoms with Gasteiger partial charge in [0.05, 0.1) is 11.0 Å². The average Bonchev–Trinajstić information content (AvgIpc) is 3.88. The largest absolute Gasteiger partial charge is 0.454 e. The maximum absolute atomic E-state index is 7.02. The third-order valence-electron chi connectivity index (χ3n) is 10.9. The first-order chi connectivity index (χ1) is 25.3. The molecular formula is C48H27NOS. The Labute approximate surface area is 296 Å². The predicted octanol–water partition coefficient (Wildman–Crippen LogP) is 14.2. The minimum atomic E-state index is 0.903. The SMILES string of the molecule is c1cc(-c2cccc3sc4ccccc4c23)cc(-n2c3ccccc3c3c4c5ccccc5c5ccccc5c4c4c5ccccc5oc4c32)c1. The maximum Gasteiger partial charge on any atom is 0.160 e. The summed E-state index contributed by atoms with van der Waals surface area (Å²) in [4.78, 5) is 0. The van der Waals surface area contributed by atoms with Crippen LogP contribution >= 0.6 is 11.3 Å². The van der Waals surface area contributed by atoms with Gasteiger partial charge < -0.3 is 8.98 Å². The highest BCUT2D eigenvalue weighted by atomic mass is 32.1. The monoisotopic (exact) mass is 665 g/mol. The Bertz CT molecular complexity index is 3430. The summed E-state index contributed by atoms with van der Waals surface area (Å²) >= 11 is 1.86. The van der Waals surface area contributed by atoms with E-state index in [0.717, 1.165) is 33.3 Å². The Kier molecular flexibility index (Phi) is 5.41. The topological polar surface area (TPSA) is 18.1 Å². The van der Waals surface area contributed by atoms with E-state index >= 15 is 0 Å². The molecule has 236 valence electrons. The molecule has 0 aliphatic carbocycles. The normalized spacial score (nSPS) is 12.3. The molecule has 3 heteroatoms. The van der Waals surface area contributed by atoms with E-state index in [1.807, 2.05) is 11.3 Å². The number of thiophene rings is 1. The summed E-state index contributed by atoms with van der Waals surface area (Å²) in [7, 11) is 0. The molecule has 0 N–H and O–H groups in total. The summed E-state index contributed by atoms with van der Waals surface area (Å²) in [6, 6.07) is 59.8. The van der Waals surface area contributed by atoms with Gasteiger partial charge in [-0.2, -0.15) is 0 Å². The maximum atomic E-state index is 7.02. The van der Waals surface area contributed by atoms with Crippen molar-refractivity contribution in [2.75, 3.05) is 0 Å². The molecule has 0 aliphatic rings. The van der Waals surface area contributed by atoms with E-state index in [9.17, 15) is 0 Å². The second kappa shape index (κ2) is 10.1. The summed E-state index contributed by atoms with van der Waals surface area (Å²) in [5, 5.41) is 15.0. The number of hydrogen-bond donors (Lipinski definition) is 0. The fourth-order valence-electron chi connectivity index (χ4n) is 8.92. The molecule has 12 rings (SSSR count). The van der Waals surface area contributed by atoms with Crippen LogP contribution in [-0.2, 0) is 0 Å². The van der Waals surface area contributed by atoms with Crippen molar-refractivity contribution in [3.63, 3.8) is 0 Å². The van der Waals surface area contributed by atoms with Gasteiger partial charge in [0.15, 0.2) is 5.58 Å². The zero-order valence-electron chi connectivity index (χ0n) is 27.4. The smallest absolute Gasteiger partial charge is 0.160 e. The van der Waals surface area contributed by atoms with Gasteiger partial charge in [-0.15, -0.1) is 11.3 Å². The first-order valence-electron chi connectivity index (χ1n) is 17.4. The molecule has 3 heterocycles. The number of furan rings is 1. The minimum absolute atomic E-state index is 0.903. The van der Waals surface area contributed by atoms with Crippen molar-refractivity contribution in [1.29, 1.82) is 0 Å². The van der Waals surface area contributed by atoms with Gasteiger partial charge in [-0.1, -0.05) is 127 Å². The Hall–Kier alpha value is -6.42. The van der Waals surface area contributed by atoms with Gasteiger partial charge in [0.25, 0.3) is 0 Å². The summed E-state index contributed by atoms with van der Waals surface area (Å²) < 4.78 is 12.1. The van der Waals surface area contributed by atoms with E-state index in [0.29, 0.717) is 0 Å². The van der Waals surface area contributed by atoms with Gasteiger partial charge >= 0.3 is 0 Å². The Morgan fingerprint density at radius 2 is 1.02 bits per heavy atom. The lowest BCUT2D eigenvalue weighted by Crippen LogP contribution is -1.95. The molecule has 0 radical (unpaired) electrons. The molecule has 2 nitrogen and oxygen atoms in total. The molecule has 12 aromatic rings. The van der Waals surface area contributed by atoms with E-state index < -0.39 is 0 Å². The molecule has 0 amide bonds. The third-order valence-corrected chi connectivity index (χ3v) is 12.1. The van der Waals surface area contributed by atoms with Crippen LogP contribution in [0.4, 0.5) is 0 Å². The predicted molar refractivity (Wildman–Crippen MR) is 219 cm³/mol. The number of nitrogens with zero attached hydrogens (tertiary/aromatic N) is 1. The number of fused-ring (bicyclic) bond motifs is 18. The molecular weight excluding hydrogens is 639 g/mol. The van der Waals surface area contributed by atoms with Crippen molar-refractivity contribution < 1.29 is 4.42 Å². The molecule has 0 unspecified atom stereocenters. The molecule has 0 atom stereocenters. The first-order valence-corrected chi connectivity index (χ1v) is 18.3. The second-order valence-electron chi connectivity index (χ2n) is 13.5. The number of benzene rings is 9. The van der Waals surface area contributed by atoms with E-state index in [1.54, 1.807) is 0 Å². The van der Waals surface area contributed by atoms with Crippen LogP contribution in [0.3, 0.4) is 0 Å². The highest BCUT2D eigenvalue weighted by Crippen LogP contribution is 2.50. The highest BCUT2D eigenvalue weighted by molar-refractivity contribution is 7.25. The van der Waals surface area contributed by atoms with Crippen molar-refractivity contribution in [2.24, 2.45) is 0 Å². The third kappa shape index (κ3) is 3.60. The highest BCUT2D eigenvalue weighted by Gasteiger charge is 2.26. The van der Waals surface area contributed by atoms with Gasteiger partial charge in [0.2, 0.25) is 0 Å². The number of hydrogen-bond acceptors (Lipinski definition) is 2. The minimum Gasteiger partial charge on any atom is -0.454 e. The molecule has 51 heavy (non-hydrogen) atoms. The first kappa shape index (κ1) is 27.4. The molecule has 0 spiro atoms. The van der Waals surface area contributed by atoms with Crippen molar-refractivity contribution in [3.05, 3.63) is 164 Å². The lowest BCUT2D eigenvalue weighted by atomic mass is 9.89. The molecule has 0 bridgehead atoms. The van der Waals surface area contributed by atoms with Crippen molar-refractivity contribution >= 4 is 108 Å². The van der Waals surface area contributed by atoms with Crippen LogP contribution in [0.15, 0.2) is 168 Å². The van der Waals surface area contributed by atoms with Gasteiger partial charge in [-0.05, 0) is 69.1 Å². The van der Waals surface area contributed by atoms with E-state index in [4.69, 9.17) is 4.42 Å². The van der Waals surface area contributed by atoms with Crippen molar-refractivity contribution in [3.8, 4) is 16.8 Å². The van der Waals surface area contributed by atoms with Gasteiger partial charge in [-0.3, -0.25) is 0 Å². The van der Waals surface area contributed by atoms with Crippen LogP contribution in [0.2, 0.25) is 0 Å². The summed E-state index contributed by atoms with van der Waals surface area (Å²) in [6.45, 7) is 0. The van der Waals surface area contributed by atoms with Gasteiger partial charge in [0, 0.05) is 58.2 Å². The quantitative estimate of drug-likeness (QED) is 0.168. The van der Waals surface area contributed by atoms with E-state index in [-0.39, 0.29) is 0 Å². The number of aromatic nitrogens is 1. The van der Waals surface area contributed by atoms with E-state index in [1.165, 1.54) is 79.8 Å². The summed E-state index contributed by atoms with van der Waals surface area (Å²) in [6.07, 6.45) is 0. The summed E-state index contributed by atoms with van der Waals surface area (Å²) in [5.74, 6) is 0. The molecule has 0 aliphatic heterocycles. The lowest BCUT2D eigenvalue weighted by Gasteiger charge is -2.15. The zero-order chi connectivity index (χ0) is 33.2. The second-order valence-corrected chi connectivity index (χ2v) is 14.6. The fourth-order valence-corrected chi connectivity index (χ4v) is 10.1. The van der Waals surface area contributed by atoms with Crippen LogP contribution in [0.1, 0.15) is 0 Å². The van der Waals surface area contributed by atoms with Crippen LogP contribution in [-0.4, -0.2) is 4.57 Å². The molecule has 0 fully saturated rings. The number of para-hydroxylation sites is 2. The fraction of sp³-hybridized carbons (Fsp3) is 0. The molecule has 0 saturated heterocycles. The Balaban J connectivity index is 1.30. The standard InChI is InChI=1S/C48H27NOS/c1-3-17-33-31(15-1)32-16-2-4-18-34(32)44-43(33)45-35-19-5-8-23-38(35)49(47(45)48-46(44)36-20-6-9-24-39(36)50-48)29-14-11-13-28(27-29)30-22-12-26-41-42(30)37-21-7-10-25-40(37)51-41/h1-27H. The van der Waals surface area contributed by atoms with Crippen LogP contribution in [0.25, 0.3) is 113 Å². The van der Waals surface area contributed by atoms with Gasteiger partial charge in [0.1, 0.15) is 5.58 Å². The zero-order valence-corrected chi connectivity index (χ0v) is 28.2. The molecule has 3 aromatic heterocycles. The van der Waals surface area contributed by atoms with Crippen molar-refractivity contribution in [1.82, 2.24) is 4.57 Å². The molecule has 9 aromatic carbocycles. The van der Waals surface area contributed by atoms with Gasteiger partial charge in [-0.25, -0.2) is 0 Å².